The van der Waals surface area contributed by atoms with Gasteiger partial charge < -0.3 is 54.3 Å². The van der Waals surface area contributed by atoms with Crippen LogP contribution in [0.15, 0.2) is 0 Å². The summed E-state index contributed by atoms with van der Waals surface area (Å²) in [7, 11) is 0. The van der Waals surface area contributed by atoms with Gasteiger partial charge in [-0.3, -0.25) is 0 Å². The number of rotatable bonds is 0. The van der Waals surface area contributed by atoms with Gasteiger partial charge in [0.1, 0.15) is 0 Å². The van der Waals surface area contributed by atoms with Crippen LogP contribution in [-0.2, 0) is 0 Å². The maximum absolute atomic E-state index is 0. The zero-order valence-corrected chi connectivity index (χ0v) is 10.7. The first kappa shape index (κ1) is 112. The van der Waals surface area contributed by atoms with Crippen LogP contribution in [0.25, 0.3) is 0 Å². The summed E-state index contributed by atoms with van der Waals surface area (Å²) in [5.74, 6) is 0. The second kappa shape index (κ2) is 78.1. The Bertz CT molecular complexity index is 13.7. The third-order valence-electron chi connectivity index (χ3n) is 0. The van der Waals surface area contributed by atoms with Crippen molar-refractivity contribution in [2.75, 3.05) is 0 Å². The second-order valence-electron chi connectivity index (χ2n) is 0. The second-order valence-corrected chi connectivity index (χ2v) is 0. The zero-order chi connectivity index (χ0) is 0. The van der Waals surface area contributed by atoms with E-state index in [0.717, 1.165) is 0 Å². The summed E-state index contributed by atoms with van der Waals surface area (Å²) < 4.78 is 0. The van der Waals surface area contributed by atoms with E-state index in [2.05, 4.69) is 0 Å². The van der Waals surface area contributed by atoms with Gasteiger partial charge in [-0.25, -0.2) is 0 Å². The van der Waals surface area contributed by atoms with Crippen LogP contribution in [0.1, 0.15) is 0 Å². The normalized spacial score (nSPS) is 0. The maximum Gasteiger partial charge on any atom is 2.00 e. The predicted molar refractivity (Wildman–Crippen MR) is 27.9 cm³/mol. The van der Waals surface area contributed by atoms with E-state index in [1.807, 2.05) is 0 Å². The first-order valence-corrected chi connectivity index (χ1v) is 0. The Morgan fingerprint density at radius 2 is 0.571 bits per heavy atom. The largest absolute Gasteiger partial charge is 2.00 e. The van der Waals surface area contributed by atoms with Gasteiger partial charge in [-0.15, -0.1) is 0 Å². The standard InChI is InChI=1S/2CH3.2BrH.2Mg.H2O/h2*1H3;2*1H;;;1H2/q2*-1;;;2*+2;/p-2. The van der Waals surface area contributed by atoms with E-state index in [1.165, 1.54) is 0 Å². The molecule has 0 aromatic rings. The van der Waals surface area contributed by atoms with Crippen molar-refractivity contribution < 1.29 is 39.4 Å². The molecule has 2 N–H and O–H groups in total. The Morgan fingerprint density at radius 3 is 0.571 bits per heavy atom. The molecular weight excluding hydrogens is 248 g/mol. The molecule has 0 aliphatic rings. The minimum Gasteiger partial charge on any atom is -1.00 e. The first-order chi connectivity index (χ1) is 0. The average Bonchev–Trinajstić information content (AvgIpc) is 0. The van der Waals surface area contributed by atoms with Crippen molar-refractivity contribution in [1.82, 2.24) is 0 Å². The molecular formula is C2H8Br2Mg2O. The molecule has 0 aromatic carbocycles. The molecule has 5 heteroatoms. The maximum atomic E-state index is 0. The summed E-state index contributed by atoms with van der Waals surface area (Å²) in [6, 6.07) is 0. The molecule has 0 aliphatic carbocycles. The average molecular weight is 257 g/mol. The molecule has 1 nitrogen and oxygen atoms in total. The predicted octanol–water partition coefficient (Wildman–Crippen LogP) is -6.68. The van der Waals surface area contributed by atoms with Gasteiger partial charge in [0, 0.05) is 0 Å². The van der Waals surface area contributed by atoms with Crippen LogP contribution < -0.4 is 34.0 Å². The molecule has 7 heavy (non-hydrogen) atoms. The van der Waals surface area contributed by atoms with Gasteiger partial charge in [0.15, 0.2) is 0 Å². The zero-order valence-electron chi connectivity index (χ0n) is 4.67. The molecule has 0 saturated heterocycles. The summed E-state index contributed by atoms with van der Waals surface area (Å²) in [5.41, 5.74) is 0. The van der Waals surface area contributed by atoms with Gasteiger partial charge in [0.05, 0.1) is 0 Å². The minimum atomic E-state index is 0. The van der Waals surface area contributed by atoms with Crippen molar-refractivity contribution in [3.8, 4) is 0 Å². The third kappa shape index (κ3) is 58.5. The quantitative estimate of drug-likeness (QED) is 0.305. The van der Waals surface area contributed by atoms with Crippen LogP contribution in [0.2, 0.25) is 0 Å². The van der Waals surface area contributed by atoms with E-state index in [1.54, 1.807) is 0 Å². The van der Waals surface area contributed by atoms with Crippen LogP contribution >= 0.6 is 0 Å². The number of halogens is 2. The van der Waals surface area contributed by atoms with Crippen LogP contribution in [0.4, 0.5) is 0 Å². The monoisotopic (exact) mass is 254 g/mol. The molecule has 0 saturated carbocycles. The van der Waals surface area contributed by atoms with E-state index < -0.39 is 0 Å². The molecule has 0 bridgehead atoms. The van der Waals surface area contributed by atoms with E-state index in [0.29, 0.717) is 0 Å². The Morgan fingerprint density at radius 1 is 0.571 bits per heavy atom. The first-order valence-electron chi connectivity index (χ1n) is 0. The third-order valence-corrected chi connectivity index (χ3v) is 0. The smallest absolute Gasteiger partial charge is 1.00 e. The Kier molecular flexibility index (Phi) is 1250. The van der Waals surface area contributed by atoms with E-state index >= 15 is 0 Å². The molecule has 0 aliphatic heterocycles. The SMILES string of the molecule is O.[Br-].[Br-].[CH3-].[CH3-].[Mg+2].[Mg+2]. The van der Waals surface area contributed by atoms with Gasteiger partial charge in [-0.2, -0.15) is 0 Å². The summed E-state index contributed by atoms with van der Waals surface area (Å²) >= 11 is 0. The fourth-order valence-electron chi connectivity index (χ4n) is 0. The molecule has 0 aromatic heterocycles. The van der Waals surface area contributed by atoms with Crippen LogP contribution in [0.3, 0.4) is 0 Å². The van der Waals surface area contributed by atoms with Gasteiger partial charge >= 0.3 is 46.1 Å². The molecule has 0 radical (unpaired) electrons. The van der Waals surface area contributed by atoms with Crippen molar-refractivity contribution in [3.05, 3.63) is 14.9 Å². The fraction of sp³-hybridized carbons (Fsp3) is 0. The topological polar surface area (TPSA) is 31.5 Å². The molecule has 0 heterocycles. The van der Waals surface area contributed by atoms with E-state index in [4.69, 9.17) is 0 Å². The van der Waals surface area contributed by atoms with Gasteiger partial charge in [-0.05, 0) is 0 Å². The van der Waals surface area contributed by atoms with E-state index in [-0.39, 0.29) is 100 Å². The number of hydrogen-bond acceptors (Lipinski definition) is 0. The van der Waals surface area contributed by atoms with Crippen molar-refractivity contribution in [1.29, 1.82) is 0 Å². The van der Waals surface area contributed by atoms with Crippen LogP contribution in [0.5, 0.6) is 0 Å². The Hall–Kier alpha value is 2.45. The molecule has 40 valence electrons. The Balaban J connectivity index is 0. The molecule has 0 unspecified atom stereocenters. The van der Waals surface area contributed by atoms with Gasteiger partial charge in [0.2, 0.25) is 0 Å². The Labute approximate surface area is 99.2 Å². The van der Waals surface area contributed by atoms with Crippen LogP contribution in [0, 0.1) is 14.9 Å². The fourth-order valence-corrected chi connectivity index (χ4v) is 0. The summed E-state index contributed by atoms with van der Waals surface area (Å²) in [5, 5.41) is 0. The summed E-state index contributed by atoms with van der Waals surface area (Å²) in [4.78, 5) is 0. The summed E-state index contributed by atoms with van der Waals surface area (Å²) in [6.45, 7) is 0. The van der Waals surface area contributed by atoms with Crippen molar-refractivity contribution >= 4 is 46.1 Å². The van der Waals surface area contributed by atoms with Gasteiger partial charge in [0.25, 0.3) is 0 Å². The molecule has 0 fully saturated rings. The van der Waals surface area contributed by atoms with Crippen molar-refractivity contribution in [2.45, 2.75) is 0 Å². The van der Waals surface area contributed by atoms with Crippen LogP contribution in [-0.4, -0.2) is 51.6 Å². The van der Waals surface area contributed by atoms with E-state index in [9.17, 15) is 0 Å². The minimum absolute atomic E-state index is 0. The van der Waals surface area contributed by atoms with Crippen molar-refractivity contribution in [3.63, 3.8) is 0 Å². The molecule has 0 rings (SSSR count). The molecule has 0 spiro atoms. The van der Waals surface area contributed by atoms with Gasteiger partial charge in [-0.1, -0.05) is 0 Å². The molecule has 0 atom stereocenters. The molecule has 0 amide bonds. The van der Waals surface area contributed by atoms with Crippen molar-refractivity contribution in [2.24, 2.45) is 0 Å². The summed E-state index contributed by atoms with van der Waals surface area (Å²) in [6.07, 6.45) is 0. The number of hydrogen-bond donors (Lipinski definition) is 0.